The summed E-state index contributed by atoms with van der Waals surface area (Å²) in [6, 6.07) is 0. The maximum absolute atomic E-state index is 10.2. The number of nitrogens with one attached hydrogen (secondary N) is 1. The molecular formula is C6H10Br2NO. The Hall–Kier alpha value is 0.430. The van der Waals surface area contributed by atoms with Gasteiger partial charge in [0.15, 0.2) is 0 Å². The molecule has 1 unspecified atom stereocenters. The summed E-state index contributed by atoms with van der Waals surface area (Å²) in [5.74, 6) is -0.464. The predicted molar refractivity (Wildman–Crippen MR) is 48.5 cm³/mol. The molecule has 59 valence electrons. The summed E-state index contributed by atoms with van der Waals surface area (Å²) in [5.41, 5.74) is 6.61. The zero-order valence-corrected chi connectivity index (χ0v) is 8.74. The van der Waals surface area contributed by atoms with Crippen LogP contribution in [0.5, 0.6) is 0 Å². The number of carbonyl (C=O) groups excluding carboxylic acids is 1. The highest BCUT2D eigenvalue weighted by molar-refractivity contribution is 9.12. The fourth-order valence-electron chi connectivity index (χ4n) is 0.561. The minimum atomic E-state index is -0.464. The van der Waals surface area contributed by atoms with Gasteiger partial charge < -0.3 is 0 Å². The Labute approximate surface area is 77.8 Å². The van der Waals surface area contributed by atoms with E-state index < -0.39 is 5.91 Å². The summed E-state index contributed by atoms with van der Waals surface area (Å²) >= 11 is 6.71. The number of carbonyl (C=O) groups is 1. The van der Waals surface area contributed by atoms with Gasteiger partial charge in [0, 0.05) is 16.6 Å². The van der Waals surface area contributed by atoms with Crippen LogP contribution in [0, 0.1) is 0 Å². The van der Waals surface area contributed by atoms with Crippen LogP contribution in [-0.4, -0.2) is 16.1 Å². The summed E-state index contributed by atoms with van der Waals surface area (Å²) in [6.45, 7) is 0. The Kier molecular flexibility index (Phi) is 6.43. The Morgan fingerprint density at radius 2 is 2.20 bits per heavy atom. The molecule has 0 aromatic heterocycles. The van der Waals surface area contributed by atoms with Crippen LogP contribution in [0.25, 0.3) is 0 Å². The van der Waals surface area contributed by atoms with Crippen molar-refractivity contribution in [3.63, 3.8) is 0 Å². The second-order valence-corrected chi connectivity index (χ2v) is 4.01. The van der Waals surface area contributed by atoms with Crippen molar-refractivity contribution in [2.75, 3.05) is 5.33 Å². The number of amides is 1. The highest BCUT2D eigenvalue weighted by atomic mass is 79.9. The molecule has 1 atom stereocenters. The van der Waals surface area contributed by atoms with Crippen molar-refractivity contribution < 1.29 is 4.79 Å². The summed E-state index contributed by atoms with van der Waals surface area (Å²) in [6.07, 6.45) is 2.15. The summed E-state index contributed by atoms with van der Waals surface area (Å²) in [4.78, 5) is 10.6. The molecule has 0 aliphatic heterocycles. The van der Waals surface area contributed by atoms with Gasteiger partial charge in [-0.05, 0) is 12.8 Å². The molecule has 4 heteroatoms. The first kappa shape index (κ1) is 10.4. The van der Waals surface area contributed by atoms with Crippen LogP contribution in [0.15, 0.2) is 0 Å². The average Bonchev–Trinajstić information content (AvgIpc) is 1.87. The second-order valence-electron chi connectivity index (χ2n) is 2.07. The quantitative estimate of drug-likeness (QED) is 0.707. The van der Waals surface area contributed by atoms with E-state index in [-0.39, 0.29) is 0 Å². The Morgan fingerprint density at radius 1 is 1.60 bits per heavy atom. The monoisotopic (exact) mass is 270 g/mol. The van der Waals surface area contributed by atoms with Gasteiger partial charge in [-0.15, -0.1) is 0 Å². The van der Waals surface area contributed by atoms with Crippen molar-refractivity contribution in [3.05, 3.63) is 0 Å². The third kappa shape index (κ3) is 6.55. The van der Waals surface area contributed by atoms with Gasteiger partial charge in [-0.2, -0.15) is 0 Å². The van der Waals surface area contributed by atoms with Crippen LogP contribution in [0.1, 0.15) is 19.3 Å². The van der Waals surface area contributed by atoms with Crippen LogP contribution in [-0.2, 0) is 4.79 Å². The van der Waals surface area contributed by atoms with Crippen molar-refractivity contribution >= 4 is 37.8 Å². The van der Waals surface area contributed by atoms with Gasteiger partial charge in [-0.25, -0.2) is 0 Å². The number of hydrogen-bond donors (Lipinski definition) is 0. The lowest BCUT2D eigenvalue weighted by atomic mass is 10.2. The molecule has 1 radical (unpaired) electrons. The Morgan fingerprint density at radius 3 is 2.60 bits per heavy atom. The van der Waals surface area contributed by atoms with E-state index in [2.05, 4.69) is 31.9 Å². The molecule has 0 rings (SSSR count). The average molecular weight is 272 g/mol. The maximum Gasteiger partial charge on any atom is 0.238 e. The first-order valence-corrected chi connectivity index (χ1v) is 5.15. The number of hydrogen-bond acceptors (Lipinski definition) is 1. The summed E-state index contributed by atoms with van der Waals surface area (Å²) in [7, 11) is 0. The van der Waals surface area contributed by atoms with Crippen LogP contribution in [0.2, 0.25) is 0 Å². The van der Waals surface area contributed by atoms with E-state index in [9.17, 15) is 4.79 Å². The largest absolute Gasteiger partial charge is 0.273 e. The topological polar surface area (TPSA) is 40.9 Å². The fourth-order valence-corrected chi connectivity index (χ4v) is 1.21. The van der Waals surface area contributed by atoms with Gasteiger partial charge in [0.05, 0.1) is 0 Å². The molecule has 0 fully saturated rings. The van der Waals surface area contributed by atoms with Gasteiger partial charge in [-0.1, -0.05) is 31.9 Å². The molecular weight excluding hydrogens is 262 g/mol. The molecule has 0 heterocycles. The van der Waals surface area contributed by atoms with Gasteiger partial charge in [0.1, 0.15) is 0 Å². The van der Waals surface area contributed by atoms with Gasteiger partial charge in [-0.3, -0.25) is 10.5 Å². The molecule has 1 N–H and O–H groups in total. The standard InChI is InChI=1S/C6H10Br2NO/c7-4-5(8)2-1-3-6(9)10/h5,9H,1-4H2. The third-order valence-corrected chi connectivity index (χ3v) is 3.52. The van der Waals surface area contributed by atoms with Crippen molar-refractivity contribution in [2.45, 2.75) is 24.1 Å². The molecule has 0 aromatic rings. The molecule has 0 aromatic carbocycles. The van der Waals surface area contributed by atoms with Crippen molar-refractivity contribution in [3.8, 4) is 0 Å². The molecule has 2 nitrogen and oxygen atoms in total. The van der Waals surface area contributed by atoms with E-state index in [0.29, 0.717) is 11.2 Å². The van der Waals surface area contributed by atoms with Gasteiger partial charge >= 0.3 is 0 Å². The lowest BCUT2D eigenvalue weighted by Crippen LogP contribution is -2.02. The van der Waals surface area contributed by atoms with Crippen molar-refractivity contribution in [1.82, 2.24) is 5.73 Å². The first-order valence-electron chi connectivity index (χ1n) is 3.11. The van der Waals surface area contributed by atoms with Crippen molar-refractivity contribution in [2.24, 2.45) is 0 Å². The summed E-state index contributed by atoms with van der Waals surface area (Å²) < 4.78 is 0. The van der Waals surface area contributed by atoms with Gasteiger partial charge in [0.25, 0.3) is 0 Å². The first-order chi connectivity index (χ1) is 4.66. The van der Waals surface area contributed by atoms with E-state index in [1.807, 2.05) is 0 Å². The molecule has 10 heavy (non-hydrogen) atoms. The van der Waals surface area contributed by atoms with Crippen LogP contribution < -0.4 is 5.73 Å². The normalized spacial score (nSPS) is 13.0. The van der Waals surface area contributed by atoms with Gasteiger partial charge in [0.2, 0.25) is 5.91 Å². The second kappa shape index (κ2) is 6.16. The molecule has 0 saturated heterocycles. The SMILES string of the molecule is [NH]C(=O)CCCC(Br)CBr. The lowest BCUT2D eigenvalue weighted by molar-refractivity contribution is -0.118. The minimum Gasteiger partial charge on any atom is -0.273 e. The molecule has 1 amide bonds. The predicted octanol–water partition coefficient (Wildman–Crippen LogP) is 2.12. The van der Waals surface area contributed by atoms with E-state index in [4.69, 9.17) is 5.73 Å². The number of halogens is 2. The zero-order valence-electron chi connectivity index (χ0n) is 5.57. The van der Waals surface area contributed by atoms with Crippen LogP contribution >= 0.6 is 31.9 Å². The van der Waals surface area contributed by atoms with Crippen molar-refractivity contribution in [1.29, 1.82) is 0 Å². The maximum atomic E-state index is 10.2. The third-order valence-electron chi connectivity index (χ3n) is 1.09. The zero-order chi connectivity index (χ0) is 7.98. The minimum absolute atomic E-state index is 0.384. The van der Waals surface area contributed by atoms with Crippen LogP contribution in [0.4, 0.5) is 0 Å². The number of alkyl halides is 2. The molecule has 0 spiro atoms. The van der Waals surface area contributed by atoms with Crippen LogP contribution in [0.3, 0.4) is 0 Å². The Balaban J connectivity index is 3.11. The smallest absolute Gasteiger partial charge is 0.238 e. The molecule has 0 aliphatic carbocycles. The number of rotatable bonds is 5. The molecule has 0 saturated carbocycles. The molecule has 0 bridgehead atoms. The van der Waals surface area contributed by atoms with E-state index in [1.165, 1.54) is 0 Å². The highest BCUT2D eigenvalue weighted by Crippen LogP contribution is 2.11. The molecule has 0 aliphatic rings. The van der Waals surface area contributed by atoms with E-state index in [1.54, 1.807) is 0 Å². The van der Waals surface area contributed by atoms with E-state index >= 15 is 0 Å². The van der Waals surface area contributed by atoms with E-state index in [0.717, 1.165) is 18.2 Å². The lowest BCUT2D eigenvalue weighted by Gasteiger charge is -2.02. The fraction of sp³-hybridized carbons (Fsp3) is 0.833. The highest BCUT2D eigenvalue weighted by Gasteiger charge is 2.02. The summed E-state index contributed by atoms with van der Waals surface area (Å²) in [5, 5.41) is 0.902. The Bertz CT molecular complexity index is 108.